The largest absolute Gasteiger partial charge is 0.487 e. The summed E-state index contributed by atoms with van der Waals surface area (Å²) in [7, 11) is 0. The summed E-state index contributed by atoms with van der Waals surface area (Å²) < 4.78 is 12.2. The molecule has 0 spiro atoms. The van der Waals surface area contributed by atoms with E-state index < -0.39 is 6.10 Å². The van der Waals surface area contributed by atoms with Gasteiger partial charge in [-0.3, -0.25) is 14.6 Å². The van der Waals surface area contributed by atoms with Gasteiger partial charge in [0.2, 0.25) is 11.8 Å². The average molecular weight is 480 g/mol. The van der Waals surface area contributed by atoms with Crippen molar-refractivity contribution in [2.75, 3.05) is 11.9 Å². The standard InChI is InChI=1S/C27H33N3O5/c31-16-24-27-22(14-20(34-24)15-26(33)29-18-4-2-1-3-5-18)21-13-19(6-7-23(21)35-27)30-25(32)12-17-8-10-28-11-9-17/h6-11,13,18,20,22,24,27,31H,1-5,12,14-16H2,(H,29,33)(H,30,32)/t20-,22+,24-,27-/m0/s1. The van der Waals surface area contributed by atoms with Gasteiger partial charge in [0.15, 0.2) is 0 Å². The van der Waals surface area contributed by atoms with Gasteiger partial charge in [-0.2, -0.15) is 0 Å². The second-order valence-electron chi connectivity index (χ2n) is 9.84. The molecule has 8 nitrogen and oxygen atoms in total. The first-order valence-corrected chi connectivity index (χ1v) is 12.6. The van der Waals surface area contributed by atoms with E-state index in [1.54, 1.807) is 12.4 Å². The van der Waals surface area contributed by atoms with Crippen LogP contribution in [-0.4, -0.2) is 52.9 Å². The Bertz CT molecular complexity index is 1040. The van der Waals surface area contributed by atoms with Crippen molar-refractivity contribution in [3.63, 3.8) is 0 Å². The van der Waals surface area contributed by atoms with Crippen LogP contribution in [0.4, 0.5) is 5.69 Å². The van der Waals surface area contributed by atoms with E-state index in [1.807, 2.05) is 30.3 Å². The van der Waals surface area contributed by atoms with Crippen molar-refractivity contribution in [3.8, 4) is 5.75 Å². The number of pyridine rings is 1. The molecule has 0 bridgehead atoms. The van der Waals surface area contributed by atoms with Crippen LogP contribution in [0.15, 0.2) is 42.7 Å². The van der Waals surface area contributed by atoms with E-state index in [0.717, 1.165) is 42.6 Å². The third-order valence-electron chi connectivity index (χ3n) is 7.28. The maximum atomic E-state index is 12.7. The maximum absolute atomic E-state index is 12.7. The highest BCUT2D eigenvalue weighted by atomic mass is 16.6. The molecule has 1 saturated heterocycles. The predicted octanol–water partition coefficient (Wildman–Crippen LogP) is 3.10. The fourth-order valence-corrected chi connectivity index (χ4v) is 5.60. The third kappa shape index (κ3) is 5.65. The average Bonchev–Trinajstić information content (AvgIpc) is 3.22. The minimum absolute atomic E-state index is 0.00769. The van der Waals surface area contributed by atoms with Crippen LogP contribution in [0.25, 0.3) is 0 Å². The van der Waals surface area contributed by atoms with Gasteiger partial charge in [-0.25, -0.2) is 0 Å². The minimum Gasteiger partial charge on any atom is -0.487 e. The number of rotatable bonds is 7. The minimum atomic E-state index is -0.502. The van der Waals surface area contributed by atoms with Crippen molar-refractivity contribution in [1.82, 2.24) is 10.3 Å². The van der Waals surface area contributed by atoms with Gasteiger partial charge in [0.05, 0.1) is 25.6 Å². The van der Waals surface area contributed by atoms with Crippen LogP contribution in [0.1, 0.15) is 62.0 Å². The highest BCUT2D eigenvalue weighted by molar-refractivity contribution is 5.92. The number of hydrogen-bond donors (Lipinski definition) is 3. The van der Waals surface area contributed by atoms with Crippen molar-refractivity contribution in [1.29, 1.82) is 0 Å². The molecule has 2 amide bonds. The first-order valence-electron chi connectivity index (χ1n) is 12.6. The number of benzene rings is 1. The van der Waals surface area contributed by atoms with Crippen LogP contribution >= 0.6 is 0 Å². The highest BCUT2D eigenvalue weighted by Crippen LogP contribution is 2.47. The fraction of sp³-hybridized carbons (Fsp3) is 0.519. The normalized spacial score (nSPS) is 25.7. The van der Waals surface area contributed by atoms with Crippen molar-refractivity contribution in [2.24, 2.45) is 0 Å². The van der Waals surface area contributed by atoms with E-state index in [1.165, 1.54) is 6.42 Å². The van der Waals surface area contributed by atoms with Crippen LogP contribution in [0.3, 0.4) is 0 Å². The Morgan fingerprint density at radius 1 is 1.06 bits per heavy atom. The molecular formula is C27H33N3O5. The van der Waals surface area contributed by atoms with Crippen molar-refractivity contribution in [2.45, 2.75) is 81.6 Å². The van der Waals surface area contributed by atoms with Gasteiger partial charge in [0.1, 0.15) is 18.0 Å². The summed E-state index contributed by atoms with van der Waals surface area (Å²) in [4.78, 5) is 29.2. The monoisotopic (exact) mass is 479 g/mol. The fourth-order valence-electron chi connectivity index (χ4n) is 5.60. The molecule has 3 heterocycles. The Morgan fingerprint density at radius 3 is 2.63 bits per heavy atom. The molecule has 1 saturated carbocycles. The van der Waals surface area contributed by atoms with Gasteiger partial charge in [-0.1, -0.05) is 19.3 Å². The maximum Gasteiger partial charge on any atom is 0.228 e. The van der Waals surface area contributed by atoms with E-state index >= 15 is 0 Å². The molecule has 35 heavy (non-hydrogen) atoms. The Labute approximate surface area is 205 Å². The number of amides is 2. The zero-order valence-corrected chi connectivity index (χ0v) is 19.8. The molecule has 8 heteroatoms. The van der Waals surface area contributed by atoms with Crippen molar-refractivity contribution >= 4 is 17.5 Å². The second kappa shape index (κ2) is 10.7. The summed E-state index contributed by atoms with van der Waals surface area (Å²) in [5.41, 5.74) is 2.58. The third-order valence-corrected chi connectivity index (χ3v) is 7.28. The summed E-state index contributed by atoms with van der Waals surface area (Å²) in [6.45, 7) is -0.175. The smallest absolute Gasteiger partial charge is 0.228 e. The molecule has 2 aromatic rings. The lowest BCUT2D eigenvalue weighted by Crippen LogP contribution is -2.48. The SMILES string of the molecule is O=C(Cc1ccncc1)Nc1ccc2c(c1)[C@H]1C[C@@H](CC(=O)NC3CCCCC3)O[C@@H](CO)[C@H]1O2. The summed E-state index contributed by atoms with van der Waals surface area (Å²) in [5.74, 6) is 0.624. The number of ether oxygens (including phenoxy) is 2. The lowest BCUT2D eigenvalue weighted by atomic mass is 9.84. The van der Waals surface area contributed by atoms with Crippen molar-refractivity contribution < 1.29 is 24.2 Å². The Balaban J connectivity index is 1.24. The molecule has 4 atom stereocenters. The number of anilines is 1. The Morgan fingerprint density at radius 2 is 1.86 bits per heavy atom. The highest BCUT2D eigenvalue weighted by Gasteiger charge is 2.46. The molecule has 0 radical (unpaired) electrons. The number of carbonyl (C=O) groups is 2. The first kappa shape index (κ1) is 23.8. The second-order valence-corrected chi connectivity index (χ2v) is 9.84. The quantitative estimate of drug-likeness (QED) is 0.563. The van der Waals surface area contributed by atoms with Gasteiger partial charge in [0, 0.05) is 35.6 Å². The lowest BCUT2D eigenvalue weighted by Gasteiger charge is -2.37. The topological polar surface area (TPSA) is 110 Å². The number of nitrogens with one attached hydrogen (secondary N) is 2. The van der Waals surface area contributed by atoms with Crippen LogP contribution in [0, 0.1) is 0 Å². The molecule has 1 aromatic heterocycles. The summed E-state index contributed by atoms with van der Waals surface area (Å²) in [5, 5.41) is 16.1. The summed E-state index contributed by atoms with van der Waals surface area (Å²) >= 11 is 0. The number of fused-ring (bicyclic) bond motifs is 3. The van der Waals surface area contributed by atoms with E-state index in [0.29, 0.717) is 12.1 Å². The first-order chi connectivity index (χ1) is 17.1. The molecule has 186 valence electrons. The van der Waals surface area contributed by atoms with Crippen LogP contribution in [0.2, 0.25) is 0 Å². The van der Waals surface area contributed by atoms with Gasteiger partial charge in [-0.15, -0.1) is 0 Å². The number of aliphatic hydroxyl groups is 1. The predicted molar refractivity (Wildman–Crippen MR) is 130 cm³/mol. The van der Waals surface area contributed by atoms with E-state index in [2.05, 4.69) is 15.6 Å². The van der Waals surface area contributed by atoms with Gasteiger partial charge >= 0.3 is 0 Å². The molecule has 1 aliphatic carbocycles. The number of nitrogens with zero attached hydrogens (tertiary/aromatic N) is 1. The number of carbonyl (C=O) groups excluding carboxylic acids is 2. The molecule has 2 aliphatic heterocycles. The van der Waals surface area contributed by atoms with Crippen molar-refractivity contribution in [3.05, 3.63) is 53.9 Å². The Hall–Kier alpha value is -2.97. The number of aromatic nitrogens is 1. The molecule has 3 aliphatic rings. The van der Waals surface area contributed by atoms with E-state index in [9.17, 15) is 14.7 Å². The molecule has 3 N–H and O–H groups in total. The molecular weight excluding hydrogens is 446 g/mol. The number of aliphatic hydroxyl groups excluding tert-OH is 1. The zero-order valence-electron chi connectivity index (χ0n) is 19.8. The zero-order chi connectivity index (χ0) is 24.2. The lowest BCUT2D eigenvalue weighted by molar-refractivity contribution is -0.142. The van der Waals surface area contributed by atoms with Gasteiger partial charge in [0.25, 0.3) is 0 Å². The van der Waals surface area contributed by atoms with Crippen LogP contribution in [0.5, 0.6) is 5.75 Å². The molecule has 1 aromatic carbocycles. The summed E-state index contributed by atoms with van der Waals surface area (Å²) in [6, 6.07) is 9.53. The molecule has 5 rings (SSSR count). The van der Waals surface area contributed by atoms with Crippen LogP contribution < -0.4 is 15.4 Å². The number of hydrogen-bond acceptors (Lipinski definition) is 6. The molecule has 2 fully saturated rings. The van der Waals surface area contributed by atoms with Gasteiger partial charge < -0.3 is 25.2 Å². The van der Waals surface area contributed by atoms with E-state index in [-0.39, 0.29) is 55.4 Å². The Kier molecular flexibility index (Phi) is 7.29. The summed E-state index contributed by atoms with van der Waals surface area (Å²) in [6.07, 6.45) is 9.04. The molecule has 0 unspecified atom stereocenters. The van der Waals surface area contributed by atoms with E-state index in [4.69, 9.17) is 9.47 Å². The van der Waals surface area contributed by atoms with Crippen LogP contribution in [-0.2, 0) is 20.7 Å². The van der Waals surface area contributed by atoms with Gasteiger partial charge in [-0.05, 0) is 55.2 Å².